The van der Waals surface area contributed by atoms with Gasteiger partial charge in [-0.25, -0.2) is 0 Å². The summed E-state index contributed by atoms with van der Waals surface area (Å²) in [7, 11) is -1.67. The maximum Gasteiger partial charge on any atom is 0.192 e. The summed E-state index contributed by atoms with van der Waals surface area (Å²) < 4.78 is 23.1. The Kier molecular flexibility index (Phi) is 14.4. The molecule has 0 saturated carbocycles. The first kappa shape index (κ1) is 28.2. The van der Waals surface area contributed by atoms with Crippen LogP contribution in [0, 0.1) is 0 Å². The monoisotopic (exact) mass is 452 g/mol. The molecular weight excluding hydrogens is 404 g/mol. The Labute approximate surface area is 193 Å². The van der Waals surface area contributed by atoms with E-state index in [1.807, 2.05) is 0 Å². The predicted octanol–water partition coefficient (Wildman–Crippen LogP) is 7.02. The lowest BCUT2D eigenvalue weighted by atomic mass is 10.0. The van der Waals surface area contributed by atoms with Gasteiger partial charge in [-0.15, -0.1) is 0 Å². The topological polar surface area (TPSA) is 36.9 Å². The highest BCUT2D eigenvalue weighted by molar-refractivity contribution is 6.74. The average Bonchev–Trinajstić information content (AvgIpc) is 2.72. The van der Waals surface area contributed by atoms with E-state index in [2.05, 4.69) is 65.1 Å². The van der Waals surface area contributed by atoms with Crippen LogP contribution in [0.1, 0.15) is 71.8 Å². The smallest absolute Gasteiger partial charge is 0.192 e. The number of rotatable bonds is 18. The van der Waals surface area contributed by atoms with Crippen LogP contribution in [0.3, 0.4) is 0 Å². The molecule has 4 nitrogen and oxygen atoms in total. The van der Waals surface area contributed by atoms with Gasteiger partial charge < -0.3 is 18.6 Å². The highest BCUT2D eigenvalue weighted by Crippen LogP contribution is 2.36. The maximum absolute atomic E-state index is 6.09. The molecule has 1 aromatic rings. The van der Waals surface area contributed by atoms with E-state index in [1.54, 1.807) is 0 Å². The SMILES string of the molecule is CCCCCCCCc1ccc(OCCOCCOCCO[Si](C)(C)C(C)(C)C)cc1. The molecule has 5 heteroatoms. The zero-order valence-corrected chi connectivity index (χ0v) is 22.1. The Morgan fingerprint density at radius 2 is 1.26 bits per heavy atom. The second-order valence-corrected chi connectivity index (χ2v) is 14.7. The van der Waals surface area contributed by atoms with Crippen LogP contribution >= 0.6 is 0 Å². The Balaban J connectivity index is 1.98. The normalized spacial score (nSPS) is 12.3. The summed E-state index contributed by atoms with van der Waals surface area (Å²) in [5.41, 5.74) is 1.40. The molecular formula is C26H48O4Si. The zero-order valence-electron chi connectivity index (χ0n) is 21.1. The van der Waals surface area contributed by atoms with Gasteiger partial charge in [0.15, 0.2) is 8.32 Å². The molecule has 0 aliphatic rings. The molecule has 0 aromatic heterocycles. The van der Waals surface area contributed by atoms with Gasteiger partial charge in [-0.2, -0.15) is 0 Å². The molecule has 0 spiro atoms. The third-order valence-electron chi connectivity index (χ3n) is 6.11. The molecule has 180 valence electrons. The van der Waals surface area contributed by atoms with Gasteiger partial charge in [0.25, 0.3) is 0 Å². The van der Waals surface area contributed by atoms with Gasteiger partial charge in [0.05, 0.1) is 33.0 Å². The van der Waals surface area contributed by atoms with Crippen molar-refractivity contribution in [2.75, 3.05) is 39.6 Å². The Hall–Kier alpha value is -0.883. The van der Waals surface area contributed by atoms with Crippen LogP contribution in [0.15, 0.2) is 24.3 Å². The first-order chi connectivity index (χ1) is 14.8. The summed E-state index contributed by atoms with van der Waals surface area (Å²) in [5.74, 6) is 0.911. The van der Waals surface area contributed by atoms with E-state index in [1.165, 1.54) is 44.1 Å². The van der Waals surface area contributed by atoms with Crippen molar-refractivity contribution in [2.45, 2.75) is 90.8 Å². The molecule has 31 heavy (non-hydrogen) atoms. The Morgan fingerprint density at radius 1 is 0.710 bits per heavy atom. The van der Waals surface area contributed by atoms with E-state index < -0.39 is 8.32 Å². The van der Waals surface area contributed by atoms with Gasteiger partial charge in [-0.1, -0.05) is 71.9 Å². The van der Waals surface area contributed by atoms with E-state index in [-0.39, 0.29) is 5.04 Å². The molecule has 0 bridgehead atoms. The maximum atomic E-state index is 6.09. The van der Waals surface area contributed by atoms with Crippen molar-refractivity contribution in [3.63, 3.8) is 0 Å². The molecule has 0 aliphatic carbocycles. The fourth-order valence-electron chi connectivity index (χ4n) is 2.97. The molecule has 0 aliphatic heterocycles. The van der Waals surface area contributed by atoms with Crippen LogP contribution in [-0.4, -0.2) is 48.0 Å². The summed E-state index contributed by atoms with van der Waals surface area (Å²) in [5, 5.41) is 0.240. The van der Waals surface area contributed by atoms with E-state index in [0.29, 0.717) is 39.6 Å². The fraction of sp³-hybridized carbons (Fsp3) is 0.769. The van der Waals surface area contributed by atoms with Gasteiger partial charge in [0, 0.05) is 0 Å². The van der Waals surface area contributed by atoms with Crippen molar-refractivity contribution in [1.29, 1.82) is 0 Å². The van der Waals surface area contributed by atoms with E-state index in [9.17, 15) is 0 Å². The predicted molar refractivity (Wildman–Crippen MR) is 134 cm³/mol. The van der Waals surface area contributed by atoms with Crippen molar-refractivity contribution in [3.8, 4) is 5.75 Å². The van der Waals surface area contributed by atoms with E-state index in [0.717, 1.165) is 12.2 Å². The lowest BCUT2D eigenvalue weighted by molar-refractivity contribution is 0.0260. The minimum atomic E-state index is -1.67. The largest absolute Gasteiger partial charge is 0.491 e. The number of aryl methyl sites for hydroxylation is 1. The van der Waals surface area contributed by atoms with Crippen LogP contribution in [-0.2, 0) is 20.3 Å². The summed E-state index contributed by atoms with van der Waals surface area (Å²) in [6.45, 7) is 17.1. The third kappa shape index (κ3) is 13.3. The summed E-state index contributed by atoms with van der Waals surface area (Å²) >= 11 is 0. The molecule has 0 saturated heterocycles. The van der Waals surface area contributed by atoms with Crippen LogP contribution in [0.25, 0.3) is 0 Å². The minimum absolute atomic E-state index is 0.240. The molecule has 0 unspecified atom stereocenters. The molecule has 0 atom stereocenters. The van der Waals surface area contributed by atoms with Crippen LogP contribution in [0.5, 0.6) is 5.75 Å². The molecule has 0 fully saturated rings. The quantitative estimate of drug-likeness (QED) is 0.177. The van der Waals surface area contributed by atoms with Crippen molar-refractivity contribution >= 4 is 8.32 Å². The van der Waals surface area contributed by atoms with Gasteiger partial charge in [-0.05, 0) is 48.7 Å². The van der Waals surface area contributed by atoms with Crippen LogP contribution in [0.2, 0.25) is 18.1 Å². The Bertz CT molecular complexity index is 552. The van der Waals surface area contributed by atoms with Crippen LogP contribution in [0.4, 0.5) is 0 Å². The third-order valence-corrected chi connectivity index (χ3v) is 10.6. The van der Waals surface area contributed by atoms with Crippen LogP contribution < -0.4 is 4.74 Å². The van der Waals surface area contributed by atoms with E-state index in [4.69, 9.17) is 18.6 Å². The first-order valence-corrected chi connectivity index (χ1v) is 15.2. The standard InChI is InChI=1S/C26H48O4Si/c1-7-8-9-10-11-12-13-24-14-16-25(17-15-24)29-22-20-27-18-19-28-21-23-30-31(5,6)26(2,3)4/h14-17H,7-13,18-23H2,1-6H3. The number of benzene rings is 1. The second kappa shape index (κ2) is 15.8. The van der Waals surface area contributed by atoms with E-state index >= 15 is 0 Å². The van der Waals surface area contributed by atoms with Crippen molar-refractivity contribution in [2.24, 2.45) is 0 Å². The highest BCUT2D eigenvalue weighted by Gasteiger charge is 2.36. The lowest BCUT2D eigenvalue weighted by Crippen LogP contribution is -2.41. The number of ether oxygens (including phenoxy) is 3. The van der Waals surface area contributed by atoms with Gasteiger partial charge in [-0.3, -0.25) is 0 Å². The lowest BCUT2D eigenvalue weighted by Gasteiger charge is -2.36. The van der Waals surface area contributed by atoms with Crippen molar-refractivity contribution in [3.05, 3.63) is 29.8 Å². The molecule has 1 aromatic carbocycles. The molecule has 1 rings (SSSR count). The van der Waals surface area contributed by atoms with Gasteiger partial charge in [0.2, 0.25) is 0 Å². The van der Waals surface area contributed by atoms with Crippen molar-refractivity contribution < 1.29 is 18.6 Å². The van der Waals surface area contributed by atoms with Gasteiger partial charge in [0.1, 0.15) is 12.4 Å². The fourth-order valence-corrected chi connectivity index (χ4v) is 4.00. The first-order valence-electron chi connectivity index (χ1n) is 12.3. The zero-order chi connectivity index (χ0) is 23.0. The molecule has 0 N–H and O–H groups in total. The van der Waals surface area contributed by atoms with Gasteiger partial charge >= 0.3 is 0 Å². The second-order valence-electron chi connectivity index (χ2n) is 9.84. The Morgan fingerprint density at radius 3 is 1.87 bits per heavy atom. The summed E-state index contributed by atoms with van der Waals surface area (Å²) in [4.78, 5) is 0. The average molecular weight is 453 g/mol. The number of hydrogen-bond acceptors (Lipinski definition) is 4. The molecule has 0 heterocycles. The number of hydrogen-bond donors (Lipinski definition) is 0. The van der Waals surface area contributed by atoms with Crippen molar-refractivity contribution in [1.82, 2.24) is 0 Å². The summed E-state index contributed by atoms with van der Waals surface area (Å²) in [6, 6.07) is 8.50. The minimum Gasteiger partial charge on any atom is -0.491 e. The highest BCUT2D eigenvalue weighted by atomic mass is 28.4. The molecule has 0 amide bonds. The number of unbranched alkanes of at least 4 members (excludes halogenated alkanes) is 5. The summed E-state index contributed by atoms with van der Waals surface area (Å²) in [6.07, 6.45) is 9.21. The molecule has 0 radical (unpaired) electrons.